The second-order valence-corrected chi connectivity index (χ2v) is 7.37. The highest BCUT2D eigenvalue weighted by atomic mass is 16.3. The Hall–Kier alpha value is -2.21. The van der Waals surface area contributed by atoms with Crippen molar-refractivity contribution in [1.82, 2.24) is 15.2 Å². The van der Waals surface area contributed by atoms with Crippen molar-refractivity contribution in [2.24, 2.45) is 0 Å². The summed E-state index contributed by atoms with van der Waals surface area (Å²) in [6, 6.07) is 5.96. The molecular weight excluding hydrogens is 304 g/mol. The Kier molecular flexibility index (Phi) is 3.46. The van der Waals surface area contributed by atoms with E-state index in [-0.39, 0.29) is 11.8 Å². The molecule has 0 bridgehead atoms. The Morgan fingerprint density at radius 3 is 2.54 bits per heavy atom. The zero-order valence-corrected chi connectivity index (χ0v) is 14.0. The molecular formula is C18H22N4O2. The van der Waals surface area contributed by atoms with Crippen molar-refractivity contribution in [2.75, 3.05) is 5.32 Å². The molecule has 2 aliphatic carbocycles. The van der Waals surface area contributed by atoms with Crippen LogP contribution in [-0.2, 0) is 0 Å². The van der Waals surface area contributed by atoms with Crippen molar-refractivity contribution in [3.05, 3.63) is 29.5 Å². The summed E-state index contributed by atoms with van der Waals surface area (Å²) in [5, 5.41) is 31.7. The normalized spacial score (nSPS) is 26.0. The van der Waals surface area contributed by atoms with E-state index in [9.17, 15) is 10.2 Å². The highest BCUT2D eigenvalue weighted by Gasteiger charge is 2.38. The molecule has 0 unspecified atom stereocenters. The number of aryl methyl sites for hydroxylation is 1. The number of benzene rings is 1. The predicted octanol–water partition coefficient (Wildman–Crippen LogP) is 2.76. The van der Waals surface area contributed by atoms with E-state index in [0.717, 1.165) is 0 Å². The van der Waals surface area contributed by atoms with E-state index in [4.69, 9.17) is 0 Å². The van der Waals surface area contributed by atoms with E-state index in [1.165, 1.54) is 18.4 Å². The summed E-state index contributed by atoms with van der Waals surface area (Å²) in [4.78, 5) is 4.45. The lowest BCUT2D eigenvalue weighted by molar-refractivity contribution is -0.0236. The smallest absolute Gasteiger partial charge is 0.243 e. The van der Waals surface area contributed by atoms with E-state index in [2.05, 4.69) is 26.6 Å². The van der Waals surface area contributed by atoms with E-state index in [0.29, 0.717) is 41.7 Å². The van der Waals surface area contributed by atoms with Gasteiger partial charge in [0.15, 0.2) is 0 Å². The Labute approximate surface area is 141 Å². The van der Waals surface area contributed by atoms with Gasteiger partial charge in [-0.15, -0.1) is 10.2 Å². The molecule has 0 radical (unpaired) electrons. The van der Waals surface area contributed by atoms with E-state index in [1.54, 1.807) is 0 Å². The summed E-state index contributed by atoms with van der Waals surface area (Å²) in [5.74, 6) is 1.29. The number of anilines is 1. The summed E-state index contributed by atoms with van der Waals surface area (Å²) < 4.78 is 0. The van der Waals surface area contributed by atoms with Crippen molar-refractivity contribution >= 4 is 5.95 Å². The highest BCUT2D eigenvalue weighted by Crippen LogP contribution is 2.42. The van der Waals surface area contributed by atoms with Gasteiger partial charge in [0.1, 0.15) is 11.4 Å². The molecule has 1 aromatic carbocycles. The average molecular weight is 326 g/mol. The number of hydrogen-bond donors (Lipinski definition) is 3. The fourth-order valence-corrected chi connectivity index (χ4v) is 3.42. The largest absolute Gasteiger partial charge is 0.507 e. The van der Waals surface area contributed by atoms with Gasteiger partial charge in [0.25, 0.3) is 0 Å². The molecule has 0 atom stereocenters. The fraction of sp³-hybridized carbons (Fsp3) is 0.500. The Morgan fingerprint density at radius 1 is 1.21 bits per heavy atom. The van der Waals surface area contributed by atoms with Crippen LogP contribution in [0.15, 0.2) is 18.2 Å². The third kappa shape index (κ3) is 2.94. The number of rotatable bonds is 4. The Bertz CT molecular complexity index is 779. The number of aromatic hydroxyl groups is 1. The first kappa shape index (κ1) is 15.3. The minimum Gasteiger partial charge on any atom is -0.507 e. The molecule has 126 valence electrons. The lowest BCUT2D eigenvalue weighted by Crippen LogP contribution is -2.48. The average Bonchev–Trinajstić information content (AvgIpc) is 3.31. The van der Waals surface area contributed by atoms with Gasteiger partial charge in [-0.3, -0.25) is 0 Å². The molecule has 6 heteroatoms. The number of aliphatic hydroxyl groups is 1. The van der Waals surface area contributed by atoms with Gasteiger partial charge >= 0.3 is 0 Å². The molecule has 0 amide bonds. The molecule has 2 saturated carbocycles. The Balaban J connectivity index is 1.53. The molecule has 2 fully saturated rings. The molecule has 3 N–H and O–H groups in total. The third-order valence-electron chi connectivity index (χ3n) is 4.89. The summed E-state index contributed by atoms with van der Waals surface area (Å²) >= 11 is 0. The van der Waals surface area contributed by atoms with E-state index in [1.807, 2.05) is 26.0 Å². The van der Waals surface area contributed by atoms with Crippen molar-refractivity contribution < 1.29 is 10.2 Å². The molecule has 2 aromatic rings. The predicted molar refractivity (Wildman–Crippen MR) is 90.9 cm³/mol. The van der Waals surface area contributed by atoms with Crippen LogP contribution < -0.4 is 5.32 Å². The monoisotopic (exact) mass is 326 g/mol. The second-order valence-electron chi connectivity index (χ2n) is 7.37. The van der Waals surface area contributed by atoms with Crippen LogP contribution in [0.3, 0.4) is 0 Å². The summed E-state index contributed by atoms with van der Waals surface area (Å²) in [6.07, 6.45) is 3.77. The summed E-state index contributed by atoms with van der Waals surface area (Å²) in [5.41, 5.74) is 2.57. The molecule has 24 heavy (non-hydrogen) atoms. The van der Waals surface area contributed by atoms with Gasteiger partial charge in [-0.05, 0) is 63.1 Å². The molecule has 0 saturated heterocycles. The number of aromatic nitrogens is 3. The summed E-state index contributed by atoms with van der Waals surface area (Å²) in [7, 11) is 0. The quantitative estimate of drug-likeness (QED) is 0.800. The van der Waals surface area contributed by atoms with Crippen molar-refractivity contribution in [3.63, 3.8) is 0 Å². The Morgan fingerprint density at radius 2 is 1.96 bits per heavy atom. The van der Waals surface area contributed by atoms with Gasteiger partial charge in [-0.2, -0.15) is 0 Å². The lowest BCUT2D eigenvalue weighted by Gasteiger charge is -2.41. The number of hydrogen-bond acceptors (Lipinski definition) is 6. The maximum atomic E-state index is 10.3. The van der Waals surface area contributed by atoms with Crippen LogP contribution >= 0.6 is 0 Å². The molecule has 4 rings (SSSR count). The highest BCUT2D eigenvalue weighted by molar-refractivity contribution is 5.69. The first-order valence-electron chi connectivity index (χ1n) is 8.45. The second kappa shape index (κ2) is 5.41. The molecule has 2 aliphatic rings. The van der Waals surface area contributed by atoms with Gasteiger partial charge in [0, 0.05) is 11.6 Å². The van der Waals surface area contributed by atoms with Gasteiger partial charge in [-0.25, -0.2) is 4.98 Å². The molecule has 0 aliphatic heterocycles. The van der Waals surface area contributed by atoms with Crippen LogP contribution in [0, 0.1) is 6.92 Å². The zero-order valence-electron chi connectivity index (χ0n) is 14.0. The van der Waals surface area contributed by atoms with E-state index >= 15 is 0 Å². The number of nitrogens with one attached hydrogen (secondary N) is 1. The first-order chi connectivity index (χ1) is 11.4. The first-order valence-corrected chi connectivity index (χ1v) is 8.45. The van der Waals surface area contributed by atoms with Crippen molar-refractivity contribution in [2.45, 2.75) is 57.1 Å². The number of phenols is 1. The van der Waals surface area contributed by atoms with Crippen molar-refractivity contribution in [3.8, 4) is 17.0 Å². The topological polar surface area (TPSA) is 91.2 Å². The van der Waals surface area contributed by atoms with Crippen LogP contribution in [0.25, 0.3) is 11.3 Å². The SMILES string of the molecule is Cc1nc(NC2CC(C)(O)C2)nnc1-c1ccc(C2CC2)cc1O. The van der Waals surface area contributed by atoms with Crippen LogP contribution in [0.2, 0.25) is 0 Å². The number of nitrogens with zero attached hydrogens (tertiary/aromatic N) is 3. The van der Waals surface area contributed by atoms with Gasteiger partial charge in [-0.1, -0.05) is 6.07 Å². The maximum absolute atomic E-state index is 10.3. The molecule has 6 nitrogen and oxygen atoms in total. The molecule has 1 aromatic heterocycles. The summed E-state index contributed by atoms with van der Waals surface area (Å²) in [6.45, 7) is 3.69. The van der Waals surface area contributed by atoms with Gasteiger partial charge < -0.3 is 15.5 Å². The van der Waals surface area contributed by atoms with Gasteiger partial charge in [0.2, 0.25) is 5.95 Å². The fourth-order valence-electron chi connectivity index (χ4n) is 3.42. The molecule has 1 heterocycles. The van der Waals surface area contributed by atoms with Crippen LogP contribution in [0.4, 0.5) is 5.95 Å². The molecule has 0 spiro atoms. The number of phenolic OH excluding ortho intramolecular Hbond substituents is 1. The van der Waals surface area contributed by atoms with Crippen LogP contribution in [0.1, 0.15) is 49.8 Å². The zero-order chi connectivity index (χ0) is 16.9. The van der Waals surface area contributed by atoms with Gasteiger partial charge in [0.05, 0.1) is 11.3 Å². The minimum absolute atomic E-state index is 0.179. The van der Waals surface area contributed by atoms with Crippen LogP contribution in [-0.4, -0.2) is 37.0 Å². The van der Waals surface area contributed by atoms with E-state index < -0.39 is 5.60 Å². The maximum Gasteiger partial charge on any atom is 0.243 e. The van der Waals surface area contributed by atoms with Crippen LogP contribution in [0.5, 0.6) is 5.75 Å². The standard InChI is InChI=1S/C18H22N4O2/c1-10-16(14-6-5-12(7-15(14)23)11-3-4-11)21-22-17(19-10)20-13-8-18(2,24)9-13/h5-7,11,13,23-24H,3-4,8-9H2,1-2H3,(H,19,20,22). The lowest BCUT2D eigenvalue weighted by atomic mass is 9.77. The third-order valence-corrected chi connectivity index (χ3v) is 4.89. The van der Waals surface area contributed by atoms with Crippen molar-refractivity contribution in [1.29, 1.82) is 0 Å². The minimum atomic E-state index is -0.588.